The Hall–Kier alpha value is -2.21. The molecule has 140 valence electrons. The highest BCUT2D eigenvalue weighted by Crippen LogP contribution is 2.22. The van der Waals surface area contributed by atoms with E-state index in [-0.39, 0.29) is 5.56 Å². The molecule has 1 aliphatic rings. The lowest BCUT2D eigenvalue weighted by atomic mass is 9.94. The van der Waals surface area contributed by atoms with Crippen LogP contribution in [0.3, 0.4) is 0 Å². The van der Waals surface area contributed by atoms with Crippen molar-refractivity contribution in [2.45, 2.75) is 25.6 Å². The molecule has 0 N–H and O–H groups in total. The maximum Gasteiger partial charge on any atom is 0.258 e. The molecule has 1 aliphatic heterocycles. The van der Waals surface area contributed by atoms with Crippen LogP contribution in [0, 0.1) is 0 Å². The Kier molecular flexibility index (Phi) is 5.00. The Morgan fingerprint density at radius 3 is 2.81 bits per heavy atom. The summed E-state index contributed by atoms with van der Waals surface area (Å²) in [5, 5.41) is 0.525. The van der Waals surface area contributed by atoms with Gasteiger partial charge < -0.3 is 0 Å². The van der Waals surface area contributed by atoms with Crippen molar-refractivity contribution >= 4 is 17.2 Å². The van der Waals surface area contributed by atoms with Gasteiger partial charge in [0, 0.05) is 37.9 Å². The quantitative estimate of drug-likeness (QED) is 0.695. The van der Waals surface area contributed by atoms with E-state index in [0.717, 1.165) is 25.2 Å². The van der Waals surface area contributed by atoms with Crippen LogP contribution in [-0.2, 0) is 19.5 Å². The van der Waals surface area contributed by atoms with Crippen LogP contribution in [0.2, 0.25) is 5.02 Å². The van der Waals surface area contributed by atoms with Crippen LogP contribution in [0.1, 0.15) is 16.8 Å². The Balaban J connectivity index is 1.48. The third kappa shape index (κ3) is 3.90. The van der Waals surface area contributed by atoms with Gasteiger partial charge in [0.15, 0.2) is 0 Å². The first-order valence-corrected chi connectivity index (χ1v) is 9.51. The fourth-order valence-electron chi connectivity index (χ4n) is 3.83. The molecular weight excluding hydrogens is 360 g/mol. The zero-order valence-electron chi connectivity index (χ0n) is 15.6. The first kappa shape index (κ1) is 18.2. The molecule has 0 saturated carbocycles. The van der Waals surface area contributed by atoms with Gasteiger partial charge in [-0.2, -0.15) is 0 Å². The molecule has 0 radical (unpaired) electrons. The zero-order valence-corrected chi connectivity index (χ0v) is 16.4. The maximum atomic E-state index is 12.4. The van der Waals surface area contributed by atoms with Gasteiger partial charge in [0.25, 0.3) is 5.56 Å². The van der Waals surface area contributed by atoms with Gasteiger partial charge in [-0.15, -0.1) is 0 Å². The van der Waals surface area contributed by atoms with Gasteiger partial charge in [-0.05, 0) is 43.8 Å². The minimum Gasteiger partial charge on any atom is -0.299 e. The Morgan fingerprint density at radius 2 is 2.00 bits per heavy atom. The molecule has 0 spiro atoms. The lowest BCUT2D eigenvalue weighted by Gasteiger charge is -2.36. The molecule has 0 saturated heterocycles. The molecule has 4 rings (SSSR count). The van der Waals surface area contributed by atoms with Crippen LogP contribution in [-0.4, -0.2) is 45.9 Å². The average molecular weight is 383 g/mol. The number of halogens is 1. The fourth-order valence-corrected chi connectivity index (χ4v) is 3.99. The highest BCUT2D eigenvalue weighted by molar-refractivity contribution is 6.30. The van der Waals surface area contributed by atoms with Gasteiger partial charge >= 0.3 is 0 Å². The molecule has 1 aromatic carbocycles. The molecule has 0 bridgehead atoms. The van der Waals surface area contributed by atoms with E-state index in [1.807, 2.05) is 0 Å². The van der Waals surface area contributed by atoms with E-state index in [9.17, 15) is 4.79 Å². The van der Waals surface area contributed by atoms with Crippen molar-refractivity contribution in [1.82, 2.24) is 19.2 Å². The standard InChI is InChI=1S/C21H23ClN4O/c1-24(14-19-9-15-5-3-4-6-16(15)11-25(19)2)13-18-10-21(27)26-12-17(22)7-8-20(26)23-18/h3-8,10,12,19H,9,11,13-14H2,1-2H3. The first-order valence-electron chi connectivity index (χ1n) is 9.13. The largest absolute Gasteiger partial charge is 0.299 e. The van der Waals surface area contributed by atoms with Crippen molar-refractivity contribution in [2.75, 3.05) is 20.6 Å². The van der Waals surface area contributed by atoms with E-state index in [0.29, 0.717) is 23.3 Å². The number of nitrogens with zero attached hydrogens (tertiary/aromatic N) is 4. The Labute approximate surface area is 163 Å². The van der Waals surface area contributed by atoms with E-state index in [2.05, 4.69) is 53.1 Å². The van der Waals surface area contributed by atoms with Gasteiger partial charge in [-0.25, -0.2) is 4.98 Å². The van der Waals surface area contributed by atoms with Crippen LogP contribution in [0.15, 0.2) is 53.5 Å². The summed E-state index contributed by atoms with van der Waals surface area (Å²) in [5.74, 6) is 0. The second-order valence-electron chi connectivity index (χ2n) is 7.40. The normalized spacial score (nSPS) is 17.4. The predicted molar refractivity (Wildman–Crippen MR) is 108 cm³/mol. The third-order valence-corrected chi connectivity index (χ3v) is 5.47. The van der Waals surface area contributed by atoms with Crippen molar-refractivity contribution in [3.8, 4) is 0 Å². The number of hydrogen-bond donors (Lipinski definition) is 0. The molecule has 3 aromatic rings. The molecular formula is C21H23ClN4O. The van der Waals surface area contributed by atoms with Gasteiger partial charge in [0.2, 0.25) is 0 Å². The summed E-state index contributed by atoms with van der Waals surface area (Å²) in [6.45, 7) is 2.54. The molecule has 2 aromatic heterocycles. The van der Waals surface area contributed by atoms with E-state index in [1.165, 1.54) is 15.5 Å². The number of aromatic nitrogens is 2. The topological polar surface area (TPSA) is 40.9 Å². The molecule has 1 unspecified atom stereocenters. The van der Waals surface area contributed by atoms with Gasteiger partial charge in [-0.3, -0.25) is 19.0 Å². The molecule has 3 heterocycles. The number of fused-ring (bicyclic) bond motifs is 2. The average Bonchev–Trinajstić information content (AvgIpc) is 2.63. The van der Waals surface area contributed by atoms with E-state index < -0.39 is 0 Å². The van der Waals surface area contributed by atoms with E-state index in [1.54, 1.807) is 24.4 Å². The zero-order chi connectivity index (χ0) is 19.0. The highest BCUT2D eigenvalue weighted by atomic mass is 35.5. The smallest absolute Gasteiger partial charge is 0.258 e. The van der Waals surface area contributed by atoms with Crippen LogP contribution in [0.4, 0.5) is 0 Å². The minimum absolute atomic E-state index is 0.102. The predicted octanol–water partition coefficient (Wildman–Crippen LogP) is 2.84. The van der Waals surface area contributed by atoms with Crippen molar-refractivity contribution in [3.05, 3.63) is 80.9 Å². The van der Waals surface area contributed by atoms with Crippen LogP contribution >= 0.6 is 11.6 Å². The SMILES string of the molecule is CN(Cc1cc(=O)n2cc(Cl)ccc2n1)CC1Cc2ccccc2CN1C. The van der Waals surface area contributed by atoms with Crippen LogP contribution in [0.5, 0.6) is 0 Å². The summed E-state index contributed by atoms with van der Waals surface area (Å²) in [6.07, 6.45) is 2.65. The molecule has 0 amide bonds. The number of benzene rings is 1. The van der Waals surface area contributed by atoms with Crippen LogP contribution in [0.25, 0.3) is 5.65 Å². The summed E-state index contributed by atoms with van der Waals surface area (Å²) >= 11 is 5.97. The maximum absolute atomic E-state index is 12.4. The summed E-state index contributed by atoms with van der Waals surface area (Å²) in [6, 6.07) is 14.2. The van der Waals surface area contributed by atoms with Crippen LogP contribution < -0.4 is 5.56 Å². The van der Waals surface area contributed by atoms with Gasteiger partial charge in [-0.1, -0.05) is 35.9 Å². The van der Waals surface area contributed by atoms with Gasteiger partial charge in [0.05, 0.1) is 10.7 Å². The van der Waals surface area contributed by atoms with Crippen molar-refractivity contribution in [2.24, 2.45) is 0 Å². The lowest BCUT2D eigenvalue weighted by molar-refractivity contribution is 0.158. The molecule has 1 atom stereocenters. The number of pyridine rings is 1. The Morgan fingerprint density at radius 1 is 1.22 bits per heavy atom. The van der Waals surface area contributed by atoms with Gasteiger partial charge in [0.1, 0.15) is 5.65 Å². The monoisotopic (exact) mass is 382 g/mol. The fraction of sp³-hybridized carbons (Fsp3) is 0.333. The molecule has 0 aliphatic carbocycles. The van der Waals surface area contributed by atoms with E-state index >= 15 is 0 Å². The summed E-state index contributed by atoms with van der Waals surface area (Å²) < 4.78 is 1.48. The molecule has 6 heteroatoms. The minimum atomic E-state index is -0.102. The van der Waals surface area contributed by atoms with Crippen molar-refractivity contribution in [1.29, 1.82) is 0 Å². The second kappa shape index (κ2) is 7.43. The summed E-state index contributed by atoms with van der Waals surface area (Å²) in [5.41, 5.74) is 4.16. The summed E-state index contributed by atoms with van der Waals surface area (Å²) in [7, 11) is 4.26. The number of likely N-dealkylation sites (N-methyl/N-ethyl adjacent to an activating group) is 2. The Bertz CT molecular complexity index is 1030. The summed E-state index contributed by atoms with van der Waals surface area (Å²) in [4.78, 5) is 21.6. The number of rotatable bonds is 4. The highest BCUT2D eigenvalue weighted by Gasteiger charge is 2.24. The second-order valence-corrected chi connectivity index (χ2v) is 7.84. The van der Waals surface area contributed by atoms with E-state index in [4.69, 9.17) is 11.6 Å². The lowest BCUT2D eigenvalue weighted by Crippen LogP contribution is -2.44. The first-order chi connectivity index (χ1) is 13.0. The molecule has 0 fully saturated rings. The molecule has 27 heavy (non-hydrogen) atoms. The van der Waals surface area contributed by atoms with Crippen molar-refractivity contribution < 1.29 is 0 Å². The molecule has 5 nitrogen and oxygen atoms in total. The third-order valence-electron chi connectivity index (χ3n) is 5.25. The van der Waals surface area contributed by atoms with Crippen molar-refractivity contribution in [3.63, 3.8) is 0 Å². The number of hydrogen-bond acceptors (Lipinski definition) is 4.